The summed E-state index contributed by atoms with van der Waals surface area (Å²) < 4.78 is 5.70. The fourth-order valence-electron chi connectivity index (χ4n) is 3.66. The van der Waals surface area contributed by atoms with Gasteiger partial charge >= 0.3 is 5.97 Å². The van der Waals surface area contributed by atoms with Crippen molar-refractivity contribution in [2.24, 2.45) is 5.92 Å². The second-order valence-corrected chi connectivity index (χ2v) is 9.12. The topological polar surface area (TPSA) is 125 Å². The summed E-state index contributed by atoms with van der Waals surface area (Å²) in [5, 5.41) is 14.9. The Kier molecular flexibility index (Phi) is 7.45. The molecule has 1 heterocycles. The van der Waals surface area contributed by atoms with Crippen molar-refractivity contribution in [3.63, 3.8) is 0 Å². The highest BCUT2D eigenvalue weighted by molar-refractivity contribution is 6.34. The van der Waals surface area contributed by atoms with Crippen LogP contribution in [0, 0.1) is 5.92 Å². The van der Waals surface area contributed by atoms with Crippen molar-refractivity contribution in [2.75, 3.05) is 16.9 Å². The molecular formula is C27H24ClN3O6. The van der Waals surface area contributed by atoms with Crippen molar-refractivity contribution in [2.45, 2.75) is 20.4 Å². The molecule has 9 nitrogen and oxygen atoms in total. The van der Waals surface area contributed by atoms with E-state index in [-0.39, 0.29) is 52.7 Å². The van der Waals surface area contributed by atoms with Crippen LogP contribution >= 0.6 is 11.6 Å². The summed E-state index contributed by atoms with van der Waals surface area (Å²) in [5.74, 6) is -1.81. The fraction of sp³-hybridized carbons (Fsp3) is 0.185. The van der Waals surface area contributed by atoms with E-state index in [4.69, 9.17) is 21.4 Å². The molecule has 0 unspecified atom stereocenters. The summed E-state index contributed by atoms with van der Waals surface area (Å²) in [4.78, 5) is 50.5. The van der Waals surface area contributed by atoms with Gasteiger partial charge in [0.05, 0.1) is 21.7 Å². The van der Waals surface area contributed by atoms with Gasteiger partial charge in [0.15, 0.2) is 6.73 Å². The Morgan fingerprint density at radius 1 is 1.05 bits per heavy atom. The van der Waals surface area contributed by atoms with E-state index >= 15 is 0 Å². The SMILES string of the molecule is CC(C)C(=O)NCc1ccc(Cl)c(C(=O)Nc2ccc3c(c2)C(=O)N(c2ccc(C(=O)O)cc2)CO3)c1. The first-order valence-electron chi connectivity index (χ1n) is 11.4. The molecule has 1 aliphatic heterocycles. The van der Waals surface area contributed by atoms with Gasteiger partial charge in [-0.25, -0.2) is 4.79 Å². The number of hydrogen-bond acceptors (Lipinski definition) is 5. The average Bonchev–Trinajstić information content (AvgIpc) is 2.88. The molecule has 1 aliphatic rings. The normalized spacial score (nSPS) is 12.5. The number of benzene rings is 3. The van der Waals surface area contributed by atoms with Crippen LogP contribution in [0.2, 0.25) is 5.02 Å². The van der Waals surface area contributed by atoms with Crippen molar-refractivity contribution in [1.82, 2.24) is 5.32 Å². The van der Waals surface area contributed by atoms with E-state index in [1.54, 1.807) is 44.2 Å². The first-order chi connectivity index (χ1) is 17.6. The zero-order valence-electron chi connectivity index (χ0n) is 20.1. The van der Waals surface area contributed by atoms with Crippen LogP contribution in [0.5, 0.6) is 5.75 Å². The minimum Gasteiger partial charge on any atom is -0.478 e. The van der Waals surface area contributed by atoms with Gasteiger partial charge in [0, 0.05) is 23.8 Å². The number of carboxylic acid groups (broad SMARTS) is 1. The van der Waals surface area contributed by atoms with Gasteiger partial charge in [-0.05, 0) is 60.2 Å². The van der Waals surface area contributed by atoms with Crippen molar-refractivity contribution < 1.29 is 29.0 Å². The first-order valence-corrected chi connectivity index (χ1v) is 11.8. The van der Waals surface area contributed by atoms with Crippen LogP contribution < -0.4 is 20.3 Å². The van der Waals surface area contributed by atoms with E-state index in [0.29, 0.717) is 22.7 Å². The maximum Gasteiger partial charge on any atom is 0.335 e. The third-order valence-corrected chi connectivity index (χ3v) is 6.08. The molecule has 0 radical (unpaired) electrons. The Hall–Kier alpha value is -4.37. The van der Waals surface area contributed by atoms with Gasteiger partial charge in [0.1, 0.15) is 5.75 Å². The molecule has 3 N–H and O–H groups in total. The molecule has 4 rings (SSSR count). The molecule has 0 saturated heterocycles. The van der Waals surface area contributed by atoms with Gasteiger partial charge in [0.25, 0.3) is 11.8 Å². The Morgan fingerprint density at radius 2 is 1.78 bits per heavy atom. The van der Waals surface area contributed by atoms with E-state index in [9.17, 15) is 19.2 Å². The number of hydrogen-bond donors (Lipinski definition) is 3. The number of ether oxygens (including phenoxy) is 1. The molecule has 3 aromatic rings. The Balaban J connectivity index is 1.51. The molecule has 3 amide bonds. The Morgan fingerprint density at radius 3 is 2.46 bits per heavy atom. The molecule has 0 aliphatic carbocycles. The maximum atomic E-state index is 13.2. The molecule has 3 aromatic carbocycles. The highest BCUT2D eigenvalue weighted by Gasteiger charge is 2.27. The zero-order valence-corrected chi connectivity index (χ0v) is 20.8. The largest absolute Gasteiger partial charge is 0.478 e. The van der Waals surface area contributed by atoms with Gasteiger partial charge < -0.3 is 20.5 Å². The third kappa shape index (κ3) is 5.73. The van der Waals surface area contributed by atoms with Gasteiger partial charge in [-0.1, -0.05) is 31.5 Å². The van der Waals surface area contributed by atoms with Gasteiger partial charge in [-0.15, -0.1) is 0 Å². The number of anilines is 2. The lowest BCUT2D eigenvalue weighted by Gasteiger charge is -2.29. The van der Waals surface area contributed by atoms with E-state index in [1.165, 1.54) is 35.2 Å². The van der Waals surface area contributed by atoms with E-state index in [1.807, 2.05) is 0 Å². The van der Waals surface area contributed by atoms with E-state index in [0.717, 1.165) is 0 Å². The number of aromatic carboxylic acids is 1. The number of carboxylic acids is 1. The summed E-state index contributed by atoms with van der Waals surface area (Å²) in [6, 6.07) is 15.5. The smallest absolute Gasteiger partial charge is 0.335 e. The minimum atomic E-state index is -1.07. The second kappa shape index (κ2) is 10.7. The number of halogens is 1. The first kappa shape index (κ1) is 25.7. The quantitative estimate of drug-likeness (QED) is 0.418. The molecule has 0 saturated carbocycles. The van der Waals surface area contributed by atoms with Crippen molar-refractivity contribution >= 4 is 46.7 Å². The van der Waals surface area contributed by atoms with Crippen LogP contribution in [0.4, 0.5) is 11.4 Å². The van der Waals surface area contributed by atoms with Crippen LogP contribution in [0.1, 0.15) is 50.5 Å². The van der Waals surface area contributed by atoms with Crippen molar-refractivity contribution in [1.29, 1.82) is 0 Å². The molecule has 0 bridgehead atoms. The summed E-state index contributed by atoms with van der Waals surface area (Å²) in [7, 11) is 0. The number of carbonyl (C=O) groups excluding carboxylic acids is 3. The highest BCUT2D eigenvalue weighted by Crippen LogP contribution is 2.31. The predicted molar refractivity (Wildman–Crippen MR) is 138 cm³/mol. The zero-order chi connectivity index (χ0) is 26.7. The number of rotatable bonds is 7. The highest BCUT2D eigenvalue weighted by atomic mass is 35.5. The van der Waals surface area contributed by atoms with Crippen molar-refractivity contribution in [3.8, 4) is 5.75 Å². The lowest BCUT2D eigenvalue weighted by atomic mass is 10.1. The molecule has 0 atom stereocenters. The van der Waals surface area contributed by atoms with Crippen molar-refractivity contribution in [3.05, 3.63) is 87.9 Å². The number of nitrogens with zero attached hydrogens (tertiary/aromatic N) is 1. The maximum absolute atomic E-state index is 13.2. The second-order valence-electron chi connectivity index (χ2n) is 8.71. The van der Waals surface area contributed by atoms with Gasteiger partial charge in [0.2, 0.25) is 5.91 Å². The molecule has 190 valence electrons. The van der Waals surface area contributed by atoms with Crippen LogP contribution in [-0.2, 0) is 11.3 Å². The Labute approximate surface area is 218 Å². The number of nitrogens with one attached hydrogen (secondary N) is 2. The van der Waals surface area contributed by atoms with Gasteiger partial charge in [-0.2, -0.15) is 0 Å². The number of carbonyl (C=O) groups is 4. The van der Waals surface area contributed by atoms with E-state index in [2.05, 4.69) is 10.6 Å². The summed E-state index contributed by atoms with van der Waals surface area (Å²) in [5.41, 5.74) is 2.11. The molecule has 0 spiro atoms. The lowest BCUT2D eigenvalue weighted by Crippen LogP contribution is -2.38. The van der Waals surface area contributed by atoms with Gasteiger partial charge in [-0.3, -0.25) is 19.3 Å². The molecule has 10 heteroatoms. The molecular weight excluding hydrogens is 498 g/mol. The molecule has 0 aromatic heterocycles. The Bertz CT molecular complexity index is 1390. The third-order valence-electron chi connectivity index (χ3n) is 5.75. The molecule has 37 heavy (non-hydrogen) atoms. The predicted octanol–water partition coefficient (Wildman–Crippen LogP) is 4.56. The average molecular weight is 522 g/mol. The molecule has 0 fully saturated rings. The van der Waals surface area contributed by atoms with Crippen LogP contribution in [0.15, 0.2) is 60.7 Å². The monoisotopic (exact) mass is 521 g/mol. The number of amides is 3. The standard InChI is InChI=1S/C27H24ClN3O6/c1-15(2)24(32)29-13-16-3-9-22(28)20(11-16)25(33)30-18-6-10-23-21(12-18)26(34)31(14-37-23)19-7-4-17(5-8-19)27(35)36/h3-12,15H,13-14H2,1-2H3,(H,29,32)(H,30,33)(H,35,36). The van der Waals surface area contributed by atoms with E-state index < -0.39 is 11.9 Å². The minimum absolute atomic E-state index is 0.0420. The number of fused-ring (bicyclic) bond motifs is 1. The van der Waals surface area contributed by atoms with Crippen LogP contribution in [-0.4, -0.2) is 35.5 Å². The summed E-state index contributed by atoms with van der Waals surface area (Å²) >= 11 is 6.26. The summed E-state index contributed by atoms with van der Waals surface area (Å²) in [6.07, 6.45) is 0. The fourth-order valence-corrected chi connectivity index (χ4v) is 3.87. The summed E-state index contributed by atoms with van der Waals surface area (Å²) in [6.45, 7) is 3.79. The van der Waals surface area contributed by atoms with Crippen LogP contribution in [0.3, 0.4) is 0 Å². The van der Waals surface area contributed by atoms with Crippen LogP contribution in [0.25, 0.3) is 0 Å². The lowest BCUT2D eigenvalue weighted by molar-refractivity contribution is -0.124.